The zero-order valence-electron chi connectivity index (χ0n) is 18.5. The summed E-state index contributed by atoms with van der Waals surface area (Å²) in [5.41, 5.74) is 2.05. The molecule has 0 aliphatic carbocycles. The summed E-state index contributed by atoms with van der Waals surface area (Å²) in [6.07, 6.45) is 2.35. The third kappa shape index (κ3) is 5.38. The maximum atomic E-state index is 13.9. The number of aromatic nitrogens is 3. The van der Waals surface area contributed by atoms with E-state index in [4.69, 9.17) is 21.1 Å². The number of hydrogen-bond acceptors (Lipinski definition) is 6. The van der Waals surface area contributed by atoms with E-state index in [0.717, 1.165) is 17.7 Å². The SMILES string of the molecule is O=C1N[C@H]2CN(Cc3ccc(Cl)c(F)c3)C[C@@H]2OCc2cn(nn2)CCCOc2cccc1c2. The van der Waals surface area contributed by atoms with E-state index < -0.39 is 5.82 Å². The standard InChI is InChI=1S/C24H25ClFN5O3/c25-20-6-5-16(9-21(20)26)11-30-13-22-23(14-30)34-15-18-12-31(29-28-18)7-2-8-33-19-4-1-3-17(10-19)24(32)27-22/h1,3-6,9-10,12,22-23H,2,7-8,11,13-15H2,(H,27,32)/t22-,23-/m0/s1. The number of halogens is 2. The third-order valence-corrected chi connectivity index (χ3v) is 6.28. The van der Waals surface area contributed by atoms with Crippen LogP contribution in [0, 0.1) is 5.82 Å². The molecule has 2 aliphatic rings. The lowest BCUT2D eigenvalue weighted by Crippen LogP contribution is -2.44. The van der Waals surface area contributed by atoms with Gasteiger partial charge in [-0.25, -0.2) is 4.39 Å². The van der Waals surface area contributed by atoms with Crippen molar-refractivity contribution < 1.29 is 18.7 Å². The minimum atomic E-state index is -0.446. The minimum absolute atomic E-state index is 0.0970. The highest BCUT2D eigenvalue weighted by Crippen LogP contribution is 2.22. The van der Waals surface area contributed by atoms with E-state index in [0.29, 0.717) is 44.1 Å². The molecule has 3 aromatic rings. The number of benzene rings is 2. The molecule has 178 valence electrons. The maximum Gasteiger partial charge on any atom is 0.251 e. The van der Waals surface area contributed by atoms with Crippen molar-refractivity contribution in [2.45, 2.75) is 38.3 Å². The molecule has 0 unspecified atom stereocenters. The average Bonchev–Trinajstić information content (AvgIpc) is 3.44. The fourth-order valence-corrected chi connectivity index (χ4v) is 4.40. The average molecular weight is 486 g/mol. The number of nitrogens with zero attached hydrogens (tertiary/aromatic N) is 4. The van der Waals surface area contributed by atoms with Crippen LogP contribution in [0.25, 0.3) is 0 Å². The van der Waals surface area contributed by atoms with Crippen LogP contribution in [-0.4, -0.2) is 57.6 Å². The molecule has 10 heteroatoms. The number of ether oxygens (including phenoxy) is 2. The van der Waals surface area contributed by atoms with Crippen molar-refractivity contribution >= 4 is 17.5 Å². The van der Waals surface area contributed by atoms with Crippen LogP contribution in [0.15, 0.2) is 48.7 Å². The molecule has 8 nitrogen and oxygen atoms in total. The van der Waals surface area contributed by atoms with Crippen LogP contribution in [0.2, 0.25) is 5.02 Å². The molecule has 5 rings (SSSR count). The first-order valence-corrected chi connectivity index (χ1v) is 11.6. The van der Waals surface area contributed by atoms with Crippen LogP contribution in [0.5, 0.6) is 5.75 Å². The molecular formula is C24H25ClFN5O3. The second-order valence-corrected chi connectivity index (χ2v) is 8.98. The molecule has 0 spiro atoms. The van der Waals surface area contributed by atoms with Gasteiger partial charge in [-0.1, -0.05) is 28.9 Å². The molecule has 2 atom stereocenters. The van der Waals surface area contributed by atoms with Crippen LogP contribution >= 0.6 is 11.6 Å². The van der Waals surface area contributed by atoms with Crippen LogP contribution in [0.1, 0.15) is 28.0 Å². The van der Waals surface area contributed by atoms with Gasteiger partial charge in [0.15, 0.2) is 0 Å². The summed E-state index contributed by atoms with van der Waals surface area (Å²) in [5.74, 6) is 0.00433. The Kier molecular flexibility index (Phi) is 6.75. The first-order chi connectivity index (χ1) is 16.5. The summed E-state index contributed by atoms with van der Waals surface area (Å²) < 4.78 is 27.7. The van der Waals surface area contributed by atoms with Gasteiger partial charge in [0.2, 0.25) is 0 Å². The number of fused-ring (bicyclic) bond motifs is 5. The number of amides is 1. The predicted octanol–water partition coefficient (Wildman–Crippen LogP) is 3.05. The Balaban J connectivity index is 1.36. The lowest BCUT2D eigenvalue weighted by atomic mass is 10.1. The molecule has 4 bridgehead atoms. The quantitative estimate of drug-likeness (QED) is 0.601. The van der Waals surface area contributed by atoms with Gasteiger partial charge in [0.25, 0.3) is 5.91 Å². The Morgan fingerprint density at radius 3 is 3.00 bits per heavy atom. The van der Waals surface area contributed by atoms with Crippen LogP contribution in [0.3, 0.4) is 0 Å². The number of likely N-dealkylation sites (tertiary alicyclic amines) is 1. The molecule has 2 aromatic carbocycles. The van der Waals surface area contributed by atoms with E-state index in [1.807, 2.05) is 12.3 Å². The maximum absolute atomic E-state index is 13.9. The van der Waals surface area contributed by atoms with Crippen molar-refractivity contribution in [3.05, 3.63) is 76.3 Å². The molecule has 0 saturated carbocycles. The van der Waals surface area contributed by atoms with E-state index in [2.05, 4.69) is 20.5 Å². The third-order valence-electron chi connectivity index (χ3n) is 5.98. The van der Waals surface area contributed by atoms with Gasteiger partial charge in [-0.15, -0.1) is 5.10 Å². The van der Waals surface area contributed by atoms with Gasteiger partial charge in [-0.2, -0.15) is 0 Å². The number of hydrogen-bond donors (Lipinski definition) is 1. The highest BCUT2D eigenvalue weighted by atomic mass is 35.5. The highest BCUT2D eigenvalue weighted by Gasteiger charge is 2.35. The first-order valence-electron chi connectivity index (χ1n) is 11.2. The molecule has 2 aliphatic heterocycles. The molecule has 1 fully saturated rings. The van der Waals surface area contributed by atoms with Gasteiger partial charge >= 0.3 is 0 Å². The molecule has 0 radical (unpaired) electrons. The molecule has 1 N–H and O–H groups in total. The van der Waals surface area contributed by atoms with Gasteiger partial charge in [-0.3, -0.25) is 14.4 Å². The van der Waals surface area contributed by atoms with Crippen molar-refractivity contribution in [2.75, 3.05) is 19.7 Å². The van der Waals surface area contributed by atoms with Crippen molar-refractivity contribution in [3.8, 4) is 5.75 Å². The molecule has 3 heterocycles. The van der Waals surface area contributed by atoms with Crippen molar-refractivity contribution in [1.29, 1.82) is 0 Å². The lowest BCUT2D eigenvalue weighted by molar-refractivity contribution is 0.0293. The summed E-state index contributed by atoms with van der Waals surface area (Å²) in [4.78, 5) is 15.2. The number of nitrogens with one attached hydrogen (secondary N) is 1. The highest BCUT2D eigenvalue weighted by molar-refractivity contribution is 6.30. The Labute approximate surface area is 201 Å². The van der Waals surface area contributed by atoms with Gasteiger partial charge in [0.05, 0.1) is 36.6 Å². The van der Waals surface area contributed by atoms with Crippen LogP contribution in [0.4, 0.5) is 4.39 Å². The normalized spacial score (nSPS) is 21.5. The number of rotatable bonds is 2. The predicted molar refractivity (Wildman–Crippen MR) is 123 cm³/mol. The van der Waals surface area contributed by atoms with Gasteiger partial charge in [0.1, 0.15) is 17.3 Å². The Bertz CT molecular complexity index is 1170. The summed E-state index contributed by atoms with van der Waals surface area (Å²) in [6.45, 7) is 3.11. The minimum Gasteiger partial charge on any atom is -0.494 e. The Hall–Kier alpha value is -3.01. The smallest absolute Gasteiger partial charge is 0.251 e. The summed E-state index contributed by atoms with van der Waals surface area (Å²) in [6, 6.07) is 11.7. The lowest BCUT2D eigenvalue weighted by Gasteiger charge is -2.20. The zero-order chi connectivity index (χ0) is 23.5. The van der Waals surface area contributed by atoms with Gasteiger partial charge in [-0.05, 0) is 35.9 Å². The summed E-state index contributed by atoms with van der Waals surface area (Å²) in [5, 5.41) is 11.6. The van der Waals surface area contributed by atoms with E-state index in [9.17, 15) is 9.18 Å². The Morgan fingerprint density at radius 2 is 2.12 bits per heavy atom. The second kappa shape index (κ2) is 10.1. The van der Waals surface area contributed by atoms with Gasteiger partial charge in [0, 0.05) is 38.2 Å². The largest absolute Gasteiger partial charge is 0.494 e. The van der Waals surface area contributed by atoms with Crippen molar-refractivity contribution in [3.63, 3.8) is 0 Å². The second-order valence-electron chi connectivity index (χ2n) is 8.57. The van der Waals surface area contributed by atoms with Crippen LogP contribution in [-0.2, 0) is 24.4 Å². The van der Waals surface area contributed by atoms with Crippen LogP contribution < -0.4 is 10.1 Å². The van der Waals surface area contributed by atoms with E-state index >= 15 is 0 Å². The molecular weight excluding hydrogens is 461 g/mol. The van der Waals surface area contributed by atoms with E-state index in [-0.39, 0.29) is 29.7 Å². The van der Waals surface area contributed by atoms with Gasteiger partial charge < -0.3 is 14.8 Å². The first kappa shape index (κ1) is 22.8. The van der Waals surface area contributed by atoms with Crippen molar-refractivity contribution in [2.24, 2.45) is 0 Å². The van der Waals surface area contributed by atoms with E-state index in [1.54, 1.807) is 35.0 Å². The molecule has 34 heavy (non-hydrogen) atoms. The molecule has 1 saturated heterocycles. The summed E-state index contributed by atoms with van der Waals surface area (Å²) >= 11 is 5.82. The summed E-state index contributed by atoms with van der Waals surface area (Å²) in [7, 11) is 0. The van der Waals surface area contributed by atoms with Crippen molar-refractivity contribution in [1.82, 2.24) is 25.2 Å². The number of carbonyl (C=O) groups excluding carboxylic acids is 1. The number of aryl methyl sites for hydroxylation is 1. The number of carbonyl (C=O) groups is 1. The zero-order valence-corrected chi connectivity index (χ0v) is 19.2. The monoisotopic (exact) mass is 485 g/mol. The van der Waals surface area contributed by atoms with E-state index in [1.165, 1.54) is 6.07 Å². The molecule has 1 amide bonds. The fraction of sp³-hybridized carbons (Fsp3) is 0.375. The topological polar surface area (TPSA) is 81.5 Å². The molecule has 1 aromatic heterocycles. The fourth-order valence-electron chi connectivity index (χ4n) is 4.29. The Morgan fingerprint density at radius 1 is 1.21 bits per heavy atom.